The number of ether oxygens (including phenoxy) is 2. The Morgan fingerprint density at radius 2 is 1.97 bits per heavy atom. The summed E-state index contributed by atoms with van der Waals surface area (Å²) in [5.41, 5.74) is 2.65. The molecule has 0 radical (unpaired) electrons. The van der Waals surface area contributed by atoms with Crippen LogP contribution in [0.3, 0.4) is 0 Å². The van der Waals surface area contributed by atoms with E-state index in [9.17, 15) is 4.79 Å². The van der Waals surface area contributed by atoms with E-state index in [1.165, 1.54) is 11.8 Å². The molecule has 0 spiro atoms. The van der Waals surface area contributed by atoms with Gasteiger partial charge in [-0.15, -0.1) is 0 Å². The molecule has 2 aromatic carbocycles. The number of aromatic nitrogens is 4. The second-order valence-corrected chi connectivity index (χ2v) is 7.04. The Balaban J connectivity index is 1.82. The fourth-order valence-corrected chi connectivity index (χ4v) is 3.25. The Labute approximate surface area is 184 Å². The average Bonchev–Trinajstić information content (AvgIpc) is 3.11. The van der Waals surface area contributed by atoms with Crippen LogP contribution in [0.25, 0.3) is 5.69 Å². The Morgan fingerprint density at radius 1 is 1.23 bits per heavy atom. The highest BCUT2D eigenvalue weighted by Crippen LogP contribution is 2.24. The second-order valence-electron chi connectivity index (χ2n) is 6.67. The van der Waals surface area contributed by atoms with E-state index in [1.807, 2.05) is 31.2 Å². The minimum atomic E-state index is -0.339. The van der Waals surface area contributed by atoms with Crippen LogP contribution in [0.2, 0.25) is 0 Å². The first kappa shape index (κ1) is 22.1. The van der Waals surface area contributed by atoms with E-state index >= 15 is 0 Å². The Bertz CT molecular complexity index is 1190. The number of benzene rings is 2. The summed E-state index contributed by atoms with van der Waals surface area (Å²) in [4.78, 5) is 12.2. The number of hydrogen-bond acceptors (Lipinski definition) is 7. The Morgan fingerprint density at radius 3 is 2.58 bits per heavy atom. The molecule has 0 amide bonds. The van der Waals surface area contributed by atoms with Crippen molar-refractivity contribution in [2.45, 2.75) is 13.5 Å². The van der Waals surface area contributed by atoms with E-state index in [0.29, 0.717) is 22.9 Å². The normalized spacial score (nSPS) is 11.6. The van der Waals surface area contributed by atoms with Gasteiger partial charge in [0.15, 0.2) is 0 Å². The summed E-state index contributed by atoms with van der Waals surface area (Å²) in [6, 6.07) is 12.7. The highest BCUT2D eigenvalue weighted by molar-refractivity contribution is 6.46. The molecular formula is C21H23ClN6O3. The van der Waals surface area contributed by atoms with Crippen LogP contribution < -0.4 is 15.7 Å². The van der Waals surface area contributed by atoms with E-state index in [0.717, 1.165) is 15.8 Å². The van der Waals surface area contributed by atoms with Gasteiger partial charge < -0.3 is 14.8 Å². The third kappa shape index (κ3) is 4.61. The largest absolute Gasteiger partial charge is 0.489 e. The average molecular weight is 443 g/mol. The van der Waals surface area contributed by atoms with Crippen molar-refractivity contribution < 1.29 is 9.47 Å². The van der Waals surface area contributed by atoms with Crippen LogP contribution in [-0.2, 0) is 18.4 Å². The maximum Gasteiger partial charge on any atom is 0.368 e. The first-order valence-corrected chi connectivity index (χ1v) is 9.76. The number of tetrazole rings is 1. The molecular weight excluding hydrogens is 420 g/mol. The zero-order valence-electron chi connectivity index (χ0n) is 17.6. The summed E-state index contributed by atoms with van der Waals surface area (Å²) in [5, 5.41) is 19.0. The zero-order chi connectivity index (χ0) is 22.5. The van der Waals surface area contributed by atoms with Crippen molar-refractivity contribution in [1.29, 1.82) is 5.41 Å². The Hall–Kier alpha value is -3.59. The predicted molar refractivity (Wildman–Crippen MR) is 118 cm³/mol. The number of aryl methyl sites for hydroxylation is 2. The van der Waals surface area contributed by atoms with Crippen molar-refractivity contribution in [1.82, 2.24) is 25.1 Å². The maximum absolute atomic E-state index is 12.2. The van der Waals surface area contributed by atoms with Crippen molar-refractivity contribution in [3.8, 4) is 11.4 Å². The monoisotopic (exact) mass is 442 g/mol. The summed E-state index contributed by atoms with van der Waals surface area (Å²) in [6.45, 7) is 2.11. The standard InChI is InChI=1S/C21H23ClN6O3/c1-13-11-14(19(23)18(22)20(24-2)30-4)9-10-17(13)31-12-15-7-5-6-8-16(15)28-21(29)27(3)25-26-28/h5-11,23-24H,12H2,1-4H3/b20-18-,23-19?. The fourth-order valence-electron chi connectivity index (χ4n) is 2.97. The van der Waals surface area contributed by atoms with Gasteiger partial charge >= 0.3 is 5.69 Å². The molecule has 162 valence electrons. The quantitative estimate of drug-likeness (QED) is 0.410. The van der Waals surface area contributed by atoms with Crippen LogP contribution >= 0.6 is 11.6 Å². The van der Waals surface area contributed by atoms with Gasteiger partial charge in [-0.3, -0.25) is 5.41 Å². The molecule has 31 heavy (non-hydrogen) atoms. The van der Waals surface area contributed by atoms with Crippen molar-refractivity contribution >= 4 is 17.3 Å². The first-order chi connectivity index (χ1) is 14.9. The molecule has 10 heteroatoms. The molecule has 2 N–H and O–H groups in total. The number of para-hydroxylation sites is 1. The molecule has 0 unspecified atom stereocenters. The van der Waals surface area contributed by atoms with Gasteiger partial charge in [0, 0.05) is 25.2 Å². The highest BCUT2D eigenvalue weighted by Gasteiger charge is 2.15. The van der Waals surface area contributed by atoms with Crippen molar-refractivity contribution in [2.75, 3.05) is 14.2 Å². The van der Waals surface area contributed by atoms with Gasteiger partial charge in [-0.25, -0.2) is 4.79 Å². The van der Waals surface area contributed by atoms with Crippen molar-refractivity contribution in [3.63, 3.8) is 0 Å². The van der Waals surface area contributed by atoms with E-state index < -0.39 is 0 Å². The molecule has 0 saturated carbocycles. The smallest absolute Gasteiger partial charge is 0.368 e. The van der Waals surface area contributed by atoms with E-state index in [1.54, 1.807) is 32.3 Å². The highest BCUT2D eigenvalue weighted by atomic mass is 35.5. The molecule has 0 fully saturated rings. The minimum Gasteiger partial charge on any atom is -0.489 e. The third-order valence-electron chi connectivity index (χ3n) is 4.64. The molecule has 0 aliphatic heterocycles. The fraction of sp³-hybridized carbons (Fsp3) is 0.238. The van der Waals surface area contributed by atoms with Gasteiger partial charge in [0.25, 0.3) is 0 Å². The molecule has 0 saturated heterocycles. The summed E-state index contributed by atoms with van der Waals surface area (Å²) in [5.74, 6) is 0.971. The number of nitrogens with one attached hydrogen (secondary N) is 2. The minimum absolute atomic E-state index is 0.134. The molecule has 0 aliphatic carbocycles. The predicted octanol–water partition coefficient (Wildman–Crippen LogP) is 2.49. The molecule has 3 aromatic rings. The van der Waals surface area contributed by atoms with Gasteiger partial charge in [0.2, 0.25) is 5.88 Å². The number of methoxy groups -OCH3 is 1. The summed E-state index contributed by atoms with van der Waals surface area (Å²) in [7, 11) is 4.70. The molecule has 1 heterocycles. The van der Waals surface area contributed by atoms with Crippen LogP contribution in [0.5, 0.6) is 5.75 Å². The molecule has 0 bridgehead atoms. The molecule has 0 atom stereocenters. The van der Waals surface area contributed by atoms with Gasteiger partial charge in [-0.2, -0.15) is 9.36 Å². The summed E-state index contributed by atoms with van der Waals surface area (Å²) in [6.07, 6.45) is 0. The van der Waals surface area contributed by atoms with E-state index in [4.69, 9.17) is 26.5 Å². The number of hydrogen-bond donors (Lipinski definition) is 2. The number of nitrogens with zero attached hydrogens (tertiary/aromatic N) is 4. The summed E-state index contributed by atoms with van der Waals surface area (Å²) >= 11 is 6.25. The number of halogens is 1. The second kappa shape index (κ2) is 9.48. The van der Waals surface area contributed by atoms with Gasteiger partial charge in [0.1, 0.15) is 17.4 Å². The molecule has 1 aromatic heterocycles. The van der Waals surface area contributed by atoms with E-state index in [2.05, 4.69) is 15.7 Å². The molecule has 3 rings (SSSR count). The van der Waals surface area contributed by atoms with Gasteiger partial charge in [-0.05, 0) is 47.2 Å². The lowest BCUT2D eigenvalue weighted by Gasteiger charge is -2.14. The van der Waals surface area contributed by atoms with Crippen molar-refractivity contribution in [3.05, 3.63) is 80.6 Å². The lowest BCUT2D eigenvalue weighted by molar-refractivity contribution is 0.267. The topological polar surface area (TPSA) is 107 Å². The zero-order valence-corrected chi connectivity index (χ0v) is 18.4. The lowest BCUT2D eigenvalue weighted by atomic mass is 10.1. The van der Waals surface area contributed by atoms with Crippen LogP contribution in [0.4, 0.5) is 0 Å². The van der Waals surface area contributed by atoms with Crippen LogP contribution in [0.1, 0.15) is 16.7 Å². The maximum atomic E-state index is 12.2. The van der Waals surface area contributed by atoms with Gasteiger partial charge in [0.05, 0.1) is 18.5 Å². The van der Waals surface area contributed by atoms with Crippen LogP contribution in [-0.4, -0.2) is 39.7 Å². The Kier molecular flexibility index (Phi) is 6.76. The number of rotatable bonds is 8. The van der Waals surface area contributed by atoms with Gasteiger partial charge in [-0.1, -0.05) is 29.8 Å². The van der Waals surface area contributed by atoms with E-state index in [-0.39, 0.29) is 23.0 Å². The molecule has 0 aliphatic rings. The van der Waals surface area contributed by atoms with Crippen molar-refractivity contribution in [2.24, 2.45) is 7.05 Å². The third-order valence-corrected chi connectivity index (χ3v) is 5.00. The molecule has 9 nitrogen and oxygen atoms in total. The number of allylic oxidation sites excluding steroid dienone is 1. The summed E-state index contributed by atoms with van der Waals surface area (Å²) < 4.78 is 13.5. The SMILES string of the molecule is CN/C(OC)=C(/Cl)C(=N)c1ccc(OCc2ccccc2-n2nnn(C)c2=O)c(C)c1. The van der Waals surface area contributed by atoms with Crippen LogP contribution in [0, 0.1) is 12.3 Å². The van der Waals surface area contributed by atoms with Crippen LogP contribution in [0.15, 0.2) is 58.2 Å². The first-order valence-electron chi connectivity index (χ1n) is 9.39. The lowest BCUT2D eigenvalue weighted by Crippen LogP contribution is -2.23.